The third kappa shape index (κ3) is 3.92. The van der Waals surface area contributed by atoms with Crippen molar-refractivity contribution in [2.75, 3.05) is 13.2 Å². The number of ether oxygens (including phenoxy) is 1. The van der Waals surface area contributed by atoms with E-state index in [-0.39, 0.29) is 46.1 Å². The van der Waals surface area contributed by atoms with Gasteiger partial charge in [0, 0.05) is 16.8 Å². The van der Waals surface area contributed by atoms with E-state index in [9.17, 15) is 18.6 Å². The summed E-state index contributed by atoms with van der Waals surface area (Å²) in [6.07, 6.45) is 0. The predicted octanol–water partition coefficient (Wildman–Crippen LogP) is 3.52. The van der Waals surface area contributed by atoms with Gasteiger partial charge in [-0.3, -0.25) is 4.18 Å². The van der Waals surface area contributed by atoms with Gasteiger partial charge in [0.05, 0.1) is 0 Å². The van der Waals surface area contributed by atoms with E-state index in [2.05, 4.69) is 4.98 Å². The average molecular weight is 387 g/mol. The Morgan fingerprint density at radius 2 is 1.67 bits per heavy atom. The normalized spacial score (nSPS) is 11.2. The zero-order valence-electron chi connectivity index (χ0n) is 13.9. The van der Waals surface area contributed by atoms with Gasteiger partial charge in [0.25, 0.3) is 10.1 Å². The van der Waals surface area contributed by atoms with Crippen LogP contribution in [-0.4, -0.2) is 31.8 Å². The number of benzene rings is 3. The first-order valence-electron chi connectivity index (χ1n) is 7.83. The highest BCUT2D eigenvalue weighted by Gasteiger charge is 2.23. The van der Waals surface area contributed by atoms with Crippen molar-refractivity contribution in [1.29, 1.82) is 5.39 Å². The molecule has 0 bridgehead atoms. The van der Waals surface area contributed by atoms with Crippen LogP contribution in [0.1, 0.15) is 0 Å². The quantitative estimate of drug-likeness (QED) is 0.377. The fourth-order valence-electron chi connectivity index (χ4n) is 2.51. The minimum atomic E-state index is -4.11. The van der Waals surface area contributed by atoms with Crippen molar-refractivity contribution in [3.8, 4) is 17.2 Å². The van der Waals surface area contributed by atoms with Crippen LogP contribution in [0.15, 0.2) is 59.5 Å². The number of diazo groups is 1. The van der Waals surface area contributed by atoms with Gasteiger partial charge >= 0.3 is 5.69 Å². The van der Waals surface area contributed by atoms with E-state index in [1.807, 2.05) is 0 Å². The third-order valence-electron chi connectivity index (χ3n) is 3.78. The van der Waals surface area contributed by atoms with E-state index in [4.69, 9.17) is 14.3 Å². The van der Waals surface area contributed by atoms with Crippen molar-refractivity contribution < 1.29 is 27.6 Å². The van der Waals surface area contributed by atoms with Gasteiger partial charge in [-0.2, -0.15) is 8.42 Å². The molecule has 0 saturated heterocycles. The minimum Gasteiger partial charge on any atom is -0.508 e. The standard InChI is InChI=1S/C18H14N2O6S/c19-20-16-9-8-14-15(18(16)22)2-1-3-17(14)27(23,24)26-11-10-25-13-6-4-12(21)5-7-13/h1-9H,10-11H2,(H-,21,22)/p+1. The van der Waals surface area contributed by atoms with Crippen LogP contribution < -0.4 is 4.74 Å². The average Bonchev–Trinajstić information content (AvgIpc) is 2.66. The molecule has 138 valence electrons. The number of rotatable bonds is 6. The Morgan fingerprint density at radius 3 is 2.37 bits per heavy atom. The van der Waals surface area contributed by atoms with Crippen molar-refractivity contribution in [3.05, 3.63) is 59.6 Å². The van der Waals surface area contributed by atoms with Crippen molar-refractivity contribution in [3.63, 3.8) is 0 Å². The first-order chi connectivity index (χ1) is 12.9. The lowest BCUT2D eigenvalue weighted by Crippen LogP contribution is -2.13. The molecule has 0 radical (unpaired) electrons. The van der Waals surface area contributed by atoms with E-state index in [0.717, 1.165) is 0 Å². The summed E-state index contributed by atoms with van der Waals surface area (Å²) in [7, 11) is -4.11. The van der Waals surface area contributed by atoms with Gasteiger partial charge in [-0.15, -0.1) is 0 Å². The van der Waals surface area contributed by atoms with Gasteiger partial charge in [-0.25, -0.2) is 0 Å². The second-order valence-corrected chi connectivity index (χ2v) is 7.09. The highest BCUT2D eigenvalue weighted by molar-refractivity contribution is 7.87. The van der Waals surface area contributed by atoms with Gasteiger partial charge in [-0.05, 0) is 36.4 Å². The van der Waals surface area contributed by atoms with Crippen LogP contribution in [0.5, 0.6) is 17.2 Å². The number of aromatic hydroxyl groups is 2. The molecule has 0 aliphatic carbocycles. The molecule has 9 heteroatoms. The Bertz CT molecular complexity index is 1120. The van der Waals surface area contributed by atoms with Gasteiger partial charge in [0.15, 0.2) is 4.98 Å². The van der Waals surface area contributed by atoms with Gasteiger partial charge in [0.2, 0.25) is 11.1 Å². The number of hydrogen-bond acceptors (Lipinski definition) is 7. The molecule has 0 spiro atoms. The molecule has 0 atom stereocenters. The molecular formula is C18H15N2O6S+. The predicted molar refractivity (Wildman–Crippen MR) is 97.1 cm³/mol. The summed E-state index contributed by atoms with van der Waals surface area (Å²) in [4.78, 5) is 2.82. The second kappa shape index (κ2) is 7.49. The van der Waals surface area contributed by atoms with E-state index < -0.39 is 10.1 Å². The Balaban J connectivity index is 1.76. The summed E-state index contributed by atoms with van der Waals surface area (Å²) in [5, 5.41) is 28.6. The minimum absolute atomic E-state index is 0.0203. The van der Waals surface area contributed by atoms with Crippen molar-refractivity contribution in [1.82, 2.24) is 0 Å². The number of phenolic OH excluding ortho intramolecular Hbond substituents is 2. The highest BCUT2D eigenvalue weighted by Crippen LogP contribution is 2.37. The summed E-state index contributed by atoms with van der Waals surface area (Å²) >= 11 is 0. The van der Waals surface area contributed by atoms with E-state index >= 15 is 0 Å². The van der Waals surface area contributed by atoms with Crippen LogP contribution in [0.2, 0.25) is 0 Å². The largest absolute Gasteiger partial charge is 0.508 e. The maximum Gasteiger partial charge on any atom is 0.426 e. The summed E-state index contributed by atoms with van der Waals surface area (Å²) in [6, 6.07) is 13.0. The fourth-order valence-corrected chi connectivity index (χ4v) is 3.62. The molecule has 27 heavy (non-hydrogen) atoms. The molecule has 0 heterocycles. The molecule has 3 aromatic carbocycles. The number of fused-ring (bicyclic) bond motifs is 1. The molecule has 3 rings (SSSR count). The van der Waals surface area contributed by atoms with E-state index in [1.54, 1.807) is 12.1 Å². The van der Waals surface area contributed by atoms with Crippen LogP contribution >= 0.6 is 0 Å². The lowest BCUT2D eigenvalue weighted by Gasteiger charge is -2.10. The molecule has 8 nitrogen and oxygen atoms in total. The second-order valence-electron chi connectivity index (χ2n) is 5.50. The van der Waals surface area contributed by atoms with E-state index in [1.165, 1.54) is 42.5 Å². The third-order valence-corrected chi connectivity index (χ3v) is 5.15. The zero-order chi connectivity index (χ0) is 19.4. The Hall–Kier alpha value is -3.35. The Labute approximate surface area is 155 Å². The SMILES string of the molecule is N#[N+]c1ccc2c(S(=O)(=O)OCCOc3ccc(O)cc3)cccc2c1O. The van der Waals surface area contributed by atoms with E-state index in [0.29, 0.717) is 5.75 Å². The maximum atomic E-state index is 12.5. The zero-order valence-corrected chi connectivity index (χ0v) is 14.8. The number of nitrogens with zero attached hydrogens (tertiary/aromatic N) is 2. The van der Waals surface area contributed by atoms with Crippen molar-refractivity contribution >= 4 is 26.6 Å². The van der Waals surface area contributed by atoms with Crippen LogP contribution in [0.3, 0.4) is 0 Å². The molecule has 0 aromatic heterocycles. The molecule has 3 aromatic rings. The Kier molecular flexibility index (Phi) is 5.12. The number of phenols is 2. The monoisotopic (exact) mass is 387 g/mol. The van der Waals surface area contributed by atoms with Crippen molar-refractivity contribution in [2.45, 2.75) is 4.90 Å². The van der Waals surface area contributed by atoms with Gasteiger partial charge < -0.3 is 14.9 Å². The van der Waals surface area contributed by atoms with Crippen LogP contribution in [-0.2, 0) is 14.3 Å². The molecule has 0 saturated carbocycles. The molecular weight excluding hydrogens is 372 g/mol. The van der Waals surface area contributed by atoms with Crippen LogP contribution in [0.25, 0.3) is 15.7 Å². The number of hydrogen-bond donors (Lipinski definition) is 2. The molecule has 0 aliphatic rings. The first-order valence-corrected chi connectivity index (χ1v) is 9.24. The molecule has 2 N–H and O–H groups in total. The van der Waals surface area contributed by atoms with Gasteiger partial charge in [0.1, 0.15) is 29.6 Å². The summed E-state index contributed by atoms with van der Waals surface area (Å²) < 4.78 is 35.4. The summed E-state index contributed by atoms with van der Waals surface area (Å²) in [5.41, 5.74) is -0.0692. The van der Waals surface area contributed by atoms with Crippen LogP contribution in [0, 0.1) is 5.39 Å². The highest BCUT2D eigenvalue weighted by atomic mass is 32.2. The molecule has 0 unspecified atom stereocenters. The lowest BCUT2D eigenvalue weighted by atomic mass is 10.1. The Morgan fingerprint density at radius 1 is 0.926 bits per heavy atom. The molecule has 0 amide bonds. The maximum absolute atomic E-state index is 12.5. The molecule has 0 fully saturated rings. The fraction of sp³-hybridized carbons (Fsp3) is 0.111. The topological polar surface area (TPSA) is 121 Å². The summed E-state index contributed by atoms with van der Waals surface area (Å²) in [5.74, 6) is 0.226. The van der Waals surface area contributed by atoms with Crippen LogP contribution in [0.4, 0.5) is 5.69 Å². The molecule has 0 aliphatic heterocycles. The first kappa shape index (κ1) is 18.4. The smallest absolute Gasteiger partial charge is 0.426 e. The lowest BCUT2D eigenvalue weighted by molar-refractivity contribution is 0.221. The van der Waals surface area contributed by atoms with Gasteiger partial charge in [-0.1, -0.05) is 12.1 Å². The van der Waals surface area contributed by atoms with Crippen molar-refractivity contribution in [2.24, 2.45) is 0 Å². The summed E-state index contributed by atoms with van der Waals surface area (Å²) in [6.45, 7) is -0.247.